The molecule has 0 atom stereocenters. The average Bonchev–Trinajstić information content (AvgIpc) is 3.31. The maximum absolute atomic E-state index is 12.7. The molecule has 0 saturated carbocycles. The lowest BCUT2D eigenvalue weighted by atomic mass is 10.1. The maximum Gasteiger partial charge on any atom is 0.253 e. The number of thioether (sulfide) groups is 1. The number of rotatable bonds is 6. The SMILES string of the molecule is CSc1nc2nc(C)c(CC(=O)Nc3cccc(CN4CCCC4=O)c3)c(C)n2n1. The van der Waals surface area contributed by atoms with Gasteiger partial charge < -0.3 is 10.2 Å². The summed E-state index contributed by atoms with van der Waals surface area (Å²) >= 11 is 1.46. The predicted octanol–water partition coefficient (Wildman–Crippen LogP) is 2.77. The van der Waals surface area contributed by atoms with Crippen LogP contribution in [-0.2, 0) is 22.6 Å². The molecule has 30 heavy (non-hydrogen) atoms. The molecule has 2 aromatic heterocycles. The van der Waals surface area contributed by atoms with E-state index in [1.165, 1.54) is 11.8 Å². The second-order valence-corrected chi connectivity index (χ2v) is 8.19. The lowest BCUT2D eigenvalue weighted by Crippen LogP contribution is -2.24. The predicted molar refractivity (Wildman–Crippen MR) is 115 cm³/mol. The van der Waals surface area contributed by atoms with Crippen LogP contribution in [0.4, 0.5) is 5.69 Å². The van der Waals surface area contributed by atoms with Crippen molar-refractivity contribution in [2.24, 2.45) is 0 Å². The molecule has 3 aromatic rings. The fraction of sp³-hybridized carbons (Fsp3) is 0.381. The van der Waals surface area contributed by atoms with Crippen molar-refractivity contribution in [1.29, 1.82) is 0 Å². The molecule has 8 nitrogen and oxygen atoms in total. The number of carbonyl (C=O) groups excluding carboxylic acids is 2. The number of fused-ring (bicyclic) bond motifs is 1. The summed E-state index contributed by atoms with van der Waals surface area (Å²) in [5.74, 6) is 0.612. The standard InChI is InChI=1S/C21H24N6O2S/c1-13-17(14(2)27-20(22-13)24-21(25-27)30-3)11-18(28)23-16-7-4-6-15(10-16)12-26-9-5-8-19(26)29/h4,6-7,10H,5,8-9,11-12H2,1-3H3,(H,23,28). The van der Waals surface area contributed by atoms with Crippen LogP contribution in [0.25, 0.3) is 5.78 Å². The molecule has 1 saturated heterocycles. The van der Waals surface area contributed by atoms with Crippen molar-refractivity contribution in [3.05, 3.63) is 46.8 Å². The minimum absolute atomic E-state index is 0.123. The largest absolute Gasteiger partial charge is 0.338 e. The Morgan fingerprint density at radius 1 is 1.27 bits per heavy atom. The van der Waals surface area contributed by atoms with Crippen LogP contribution in [-0.4, -0.2) is 49.1 Å². The van der Waals surface area contributed by atoms with Gasteiger partial charge in [0.05, 0.1) is 6.42 Å². The van der Waals surface area contributed by atoms with E-state index in [0.717, 1.165) is 41.2 Å². The maximum atomic E-state index is 12.7. The van der Waals surface area contributed by atoms with Crippen molar-refractivity contribution < 1.29 is 9.59 Å². The number of hydrogen-bond acceptors (Lipinski definition) is 6. The van der Waals surface area contributed by atoms with Gasteiger partial charge in [-0.1, -0.05) is 23.9 Å². The summed E-state index contributed by atoms with van der Waals surface area (Å²) in [4.78, 5) is 35.3. The number of carbonyl (C=O) groups is 2. The fourth-order valence-corrected chi connectivity index (χ4v) is 4.07. The highest BCUT2D eigenvalue weighted by Crippen LogP contribution is 2.19. The van der Waals surface area contributed by atoms with Gasteiger partial charge in [-0.3, -0.25) is 9.59 Å². The monoisotopic (exact) mass is 424 g/mol. The zero-order valence-corrected chi connectivity index (χ0v) is 18.1. The van der Waals surface area contributed by atoms with Crippen LogP contribution in [0.15, 0.2) is 29.4 Å². The molecule has 1 aliphatic rings. The second kappa shape index (κ2) is 8.43. The van der Waals surface area contributed by atoms with E-state index in [-0.39, 0.29) is 18.2 Å². The van der Waals surface area contributed by atoms with E-state index in [9.17, 15) is 9.59 Å². The molecule has 1 fully saturated rings. The Morgan fingerprint density at radius 3 is 2.83 bits per heavy atom. The smallest absolute Gasteiger partial charge is 0.253 e. The molecule has 3 heterocycles. The number of likely N-dealkylation sites (tertiary alicyclic amines) is 1. The van der Waals surface area contributed by atoms with Crippen molar-refractivity contribution in [1.82, 2.24) is 24.5 Å². The fourth-order valence-electron chi connectivity index (χ4n) is 3.74. The van der Waals surface area contributed by atoms with E-state index < -0.39 is 0 Å². The molecule has 0 unspecified atom stereocenters. The van der Waals surface area contributed by atoms with Crippen molar-refractivity contribution >= 4 is 35.0 Å². The van der Waals surface area contributed by atoms with E-state index >= 15 is 0 Å². The van der Waals surface area contributed by atoms with Gasteiger partial charge >= 0.3 is 0 Å². The number of aromatic nitrogens is 4. The first-order valence-electron chi connectivity index (χ1n) is 9.88. The van der Waals surface area contributed by atoms with Crippen LogP contribution in [0.2, 0.25) is 0 Å². The molecule has 1 N–H and O–H groups in total. The second-order valence-electron chi connectivity index (χ2n) is 7.42. The molecule has 4 rings (SSSR count). The van der Waals surface area contributed by atoms with Crippen LogP contribution < -0.4 is 5.32 Å². The number of nitrogens with one attached hydrogen (secondary N) is 1. The number of benzene rings is 1. The van der Waals surface area contributed by atoms with Gasteiger partial charge in [-0.05, 0) is 44.2 Å². The summed E-state index contributed by atoms with van der Waals surface area (Å²) in [6.45, 7) is 5.18. The quantitative estimate of drug-likeness (QED) is 0.612. The average molecular weight is 425 g/mol. The van der Waals surface area contributed by atoms with E-state index in [1.54, 1.807) is 4.52 Å². The van der Waals surface area contributed by atoms with E-state index in [2.05, 4.69) is 20.4 Å². The summed E-state index contributed by atoms with van der Waals surface area (Å²) in [7, 11) is 0. The third kappa shape index (κ3) is 4.16. The van der Waals surface area contributed by atoms with Gasteiger partial charge in [0.25, 0.3) is 5.78 Å². The number of aryl methyl sites for hydroxylation is 2. The van der Waals surface area contributed by atoms with Crippen molar-refractivity contribution in [2.45, 2.75) is 44.8 Å². The Balaban J connectivity index is 1.48. The summed E-state index contributed by atoms with van der Waals surface area (Å²) in [6, 6.07) is 7.65. The lowest BCUT2D eigenvalue weighted by molar-refractivity contribution is -0.128. The van der Waals surface area contributed by atoms with Crippen LogP contribution in [0, 0.1) is 13.8 Å². The van der Waals surface area contributed by atoms with Gasteiger partial charge in [0.15, 0.2) is 0 Å². The summed E-state index contributed by atoms with van der Waals surface area (Å²) in [5.41, 5.74) is 4.21. The van der Waals surface area contributed by atoms with Gasteiger partial charge in [0.1, 0.15) is 0 Å². The molecule has 9 heteroatoms. The third-order valence-corrected chi connectivity index (χ3v) is 5.84. The highest BCUT2D eigenvalue weighted by molar-refractivity contribution is 7.98. The number of amides is 2. The Bertz CT molecular complexity index is 1130. The molecule has 0 radical (unpaired) electrons. The van der Waals surface area contributed by atoms with Crippen molar-refractivity contribution in [3.8, 4) is 0 Å². The number of anilines is 1. The molecular formula is C21H24N6O2S. The molecule has 2 amide bonds. The first kappa shape index (κ1) is 20.3. The third-order valence-electron chi connectivity index (χ3n) is 5.30. The van der Waals surface area contributed by atoms with Crippen LogP contribution in [0.5, 0.6) is 0 Å². The highest BCUT2D eigenvalue weighted by atomic mass is 32.2. The van der Waals surface area contributed by atoms with E-state index in [0.29, 0.717) is 23.9 Å². The Kier molecular flexibility index (Phi) is 5.72. The lowest BCUT2D eigenvalue weighted by Gasteiger charge is -2.16. The molecule has 0 bridgehead atoms. The first-order chi connectivity index (χ1) is 14.4. The van der Waals surface area contributed by atoms with Crippen LogP contribution in [0.3, 0.4) is 0 Å². The van der Waals surface area contributed by atoms with Gasteiger partial charge in [0.2, 0.25) is 17.0 Å². The summed E-state index contributed by atoms with van der Waals surface area (Å²) < 4.78 is 1.69. The van der Waals surface area contributed by atoms with Crippen LogP contribution in [0.1, 0.15) is 35.4 Å². The molecule has 1 aromatic carbocycles. The Labute approximate surface area is 179 Å². The number of hydrogen-bond donors (Lipinski definition) is 1. The van der Waals surface area contributed by atoms with Gasteiger partial charge in [-0.25, -0.2) is 9.50 Å². The minimum atomic E-state index is -0.123. The Morgan fingerprint density at radius 2 is 2.10 bits per heavy atom. The zero-order chi connectivity index (χ0) is 21.3. The van der Waals surface area contributed by atoms with Crippen molar-refractivity contribution in [2.75, 3.05) is 18.1 Å². The van der Waals surface area contributed by atoms with Crippen LogP contribution >= 0.6 is 11.8 Å². The normalized spacial score (nSPS) is 14.0. The van der Waals surface area contributed by atoms with E-state index in [4.69, 9.17) is 0 Å². The highest BCUT2D eigenvalue weighted by Gasteiger charge is 2.20. The molecule has 1 aliphatic heterocycles. The molecular weight excluding hydrogens is 400 g/mol. The van der Waals surface area contributed by atoms with Gasteiger partial charge in [-0.2, -0.15) is 4.98 Å². The Hall–Kier alpha value is -2.94. The van der Waals surface area contributed by atoms with Gasteiger partial charge in [0, 0.05) is 42.1 Å². The summed E-state index contributed by atoms with van der Waals surface area (Å²) in [6.07, 6.45) is 3.65. The van der Waals surface area contributed by atoms with Crippen molar-refractivity contribution in [3.63, 3.8) is 0 Å². The van der Waals surface area contributed by atoms with E-state index in [1.807, 2.05) is 49.3 Å². The molecule has 0 spiro atoms. The first-order valence-corrected chi connectivity index (χ1v) is 11.1. The van der Waals surface area contributed by atoms with Gasteiger partial charge in [-0.15, -0.1) is 5.10 Å². The molecule has 0 aliphatic carbocycles. The zero-order valence-electron chi connectivity index (χ0n) is 17.3. The minimum Gasteiger partial charge on any atom is -0.338 e. The summed E-state index contributed by atoms with van der Waals surface area (Å²) in [5, 5.41) is 8.05. The topological polar surface area (TPSA) is 92.5 Å². The number of nitrogens with zero attached hydrogens (tertiary/aromatic N) is 5. The molecule has 156 valence electrons.